The van der Waals surface area contributed by atoms with Gasteiger partial charge in [-0.05, 0) is 44.0 Å². The van der Waals surface area contributed by atoms with Crippen molar-refractivity contribution in [2.24, 2.45) is 5.92 Å². The van der Waals surface area contributed by atoms with Crippen LogP contribution in [0.3, 0.4) is 0 Å². The average Bonchev–Trinajstić information content (AvgIpc) is 2.40. The van der Waals surface area contributed by atoms with Crippen LogP contribution >= 0.6 is 0 Å². The Balaban J connectivity index is 2.33. The Kier molecular flexibility index (Phi) is 4.15. The van der Waals surface area contributed by atoms with Crippen molar-refractivity contribution in [1.29, 1.82) is 0 Å². The summed E-state index contributed by atoms with van der Waals surface area (Å²) in [5.41, 5.74) is 2.75. The molecule has 1 aromatic heterocycles. The zero-order chi connectivity index (χ0) is 13.8. The van der Waals surface area contributed by atoms with Crippen LogP contribution in [0.5, 0.6) is 0 Å². The Morgan fingerprint density at radius 3 is 2.63 bits per heavy atom. The number of benzene rings is 1. The fourth-order valence-electron chi connectivity index (χ4n) is 2.26. The van der Waals surface area contributed by atoms with Gasteiger partial charge in [-0.3, -0.25) is 9.78 Å². The number of carbonyl (C=O) groups is 1. The molecule has 1 amide bonds. The van der Waals surface area contributed by atoms with Gasteiger partial charge in [0.1, 0.15) is 0 Å². The molecule has 100 valence electrons. The van der Waals surface area contributed by atoms with Gasteiger partial charge in [0.25, 0.3) is 0 Å². The van der Waals surface area contributed by atoms with Crippen LogP contribution in [0, 0.1) is 12.8 Å². The minimum atomic E-state index is 0.0775. The summed E-state index contributed by atoms with van der Waals surface area (Å²) in [6, 6.07) is 9.81. The number of rotatable bonds is 4. The van der Waals surface area contributed by atoms with Crippen LogP contribution < -0.4 is 5.32 Å². The molecule has 0 saturated carbocycles. The van der Waals surface area contributed by atoms with E-state index in [-0.39, 0.29) is 11.8 Å². The minimum absolute atomic E-state index is 0.0775. The molecule has 0 fully saturated rings. The summed E-state index contributed by atoms with van der Waals surface area (Å²) in [6.07, 6.45) is 1.73. The van der Waals surface area contributed by atoms with Crippen LogP contribution in [-0.4, -0.2) is 10.9 Å². The lowest BCUT2D eigenvalue weighted by Gasteiger charge is -2.14. The van der Waals surface area contributed by atoms with Crippen molar-refractivity contribution >= 4 is 22.5 Å². The first kappa shape index (κ1) is 13.5. The Hall–Kier alpha value is -1.90. The van der Waals surface area contributed by atoms with Crippen molar-refractivity contribution in [3.05, 3.63) is 36.0 Å². The number of nitrogens with one attached hydrogen (secondary N) is 1. The van der Waals surface area contributed by atoms with Crippen LogP contribution in [0.25, 0.3) is 10.9 Å². The first-order valence-electron chi connectivity index (χ1n) is 6.83. The lowest BCUT2D eigenvalue weighted by molar-refractivity contribution is -0.120. The van der Waals surface area contributed by atoms with E-state index in [1.165, 1.54) is 0 Å². The maximum absolute atomic E-state index is 12.2. The van der Waals surface area contributed by atoms with Gasteiger partial charge in [0.15, 0.2) is 0 Å². The average molecular weight is 256 g/mol. The zero-order valence-corrected chi connectivity index (χ0v) is 11.7. The van der Waals surface area contributed by atoms with Gasteiger partial charge in [-0.15, -0.1) is 0 Å². The number of hydrogen-bond acceptors (Lipinski definition) is 2. The fourth-order valence-corrected chi connectivity index (χ4v) is 2.26. The molecule has 0 spiro atoms. The van der Waals surface area contributed by atoms with E-state index in [9.17, 15) is 4.79 Å². The van der Waals surface area contributed by atoms with Gasteiger partial charge in [-0.2, -0.15) is 0 Å². The number of hydrogen-bond donors (Lipinski definition) is 1. The number of fused-ring (bicyclic) bond motifs is 1. The number of pyridine rings is 1. The van der Waals surface area contributed by atoms with Gasteiger partial charge < -0.3 is 5.32 Å². The van der Waals surface area contributed by atoms with Crippen LogP contribution in [-0.2, 0) is 4.79 Å². The third-order valence-corrected chi connectivity index (χ3v) is 3.49. The van der Waals surface area contributed by atoms with E-state index in [1.54, 1.807) is 0 Å². The van der Waals surface area contributed by atoms with E-state index in [0.717, 1.165) is 35.1 Å². The SMILES string of the molecule is CCC(CC)C(=O)Nc1cccc2nc(C)ccc12. The highest BCUT2D eigenvalue weighted by Gasteiger charge is 2.15. The number of carbonyl (C=O) groups excluding carboxylic acids is 1. The lowest BCUT2D eigenvalue weighted by Crippen LogP contribution is -2.21. The van der Waals surface area contributed by atoms with Gasteiger partial charge in [0.05, 0.1) is 11.2 Å². The maximum atomic E-state index is 12.2. The standard InChI is InChI=1S/C16H20N2O/c1-4-12(5-2)16(19)18-15-8-6-7-14-13(15)10-9-11(3)17-14/h6-10,12H,4-5H2,1-3H3,(H,18,19). The number of anilines is 1. The van der Waals surface area contributed by atoms with Crippen molar-refractivity contribution in [2.45, 2.75) is 33.6 Å². The summed E-state index contributed by atoms with van der Waals surface area (Å²) in [5.74, 6) is 0.173. The highest BCUT2D eigenvalue weighted by atomic mass is 16.1. The Bertz CT molecular complexity index is 588. The molecule has 0 radical (unpaired) electrons. The van der Waals surface area contributed by atoms with Gasteiger partial charge >= 0.3 is 0 Å². The Labute approximate surface area is 114 Å². The number of nitrogens with zero attached hydrogens (tertiary/aromatic N) is 1. The molecule has 3 heteroatoms. The number of aromatic nitrogens is 1. The lowest BCUT2D eigenvalue weighted by atomic mass is 10.0. The zero-order valence-electron chi connectivity index (χ0n) is 11.7. The second-order valence-corrected chi connectivity index (χ2v) is 4.83. The summed E-state index contributed by atoms with van der Waals surface area (Å²) in [4.78, 5) is 16.6. The summed E-state index contributed by atoms with van der Waals surface area (Å²) in [5, 5.41) is 4.02. The topological polar surface area (TPSA) is 42.0 Å². The molecule has 0 atom stereocenters. The van der Waals surface area contributed by atoms with Crippen molar-refractivity contribution in [3.63, 3.8) is 0 Å². The molecule has 0 aliphatic heterocycles. The third-order valence-electron chi connectivity index (χ3n) is 3.49. The molecule has 1 N–H and O–H groups in total. The molecular weight excluding hydrogens is 236 g/mol. The summed E-state index contributed by atoms with van der Waals surface area (Å²) in [7, 11) is 0. The number of amides is 1. The first-order chi connectivity index (χ1) is 9.15. The molecule has 1 heterocycles. The molecule has 2 rings (SSSR count). The maximum Gasteiger partial charge on any atom is 0.227 e. The Morgan fingerprint density at radius 1 is 1.21 bits per heavy atom. The molecule has 0 unspecified atom stereocenters. The largest absolute Gasteiger partial charge is 0.325 e. The second-order valence-electron chi connectivity index (χ2n) is 4.83. The molecule has 0 aliphatic carbocycles. The normalized spacial score (nSPS) is 10.9. The summed E-state index contributed by atoms with van der Waals surface area (Å²) >= 11 is 0. The van der Waals surface area contributed by atoms with E-state index in [0.29, 0.717) is 0 Å². The molecule has 0 bridgehead atoms. The highest BCUT2D eigenvalue weighted by molar-refractivity contribution is 6.01. The van der Waals surface area contributed by atoms with E-state index in [1.807, 2.05) is 51.1 Å². The van der Waals surface area contributed by atoms with Crippen LogP contribution in [0.1, 0.15) is 32.4 Å². The van der Waals surface area contributed by atoms with E-state index < -0.39 is 0 Å². The van der Waals surface area contributed by atoms with E-state index >= 15 is 0 Å². The smallest absolute Gasteiger partial charge is 0.227 e. The van der Waals surface area contributed by atoms with Gasteiger partial charge in [0.2, 0.25) is 5.91 Å². The highest BCUT2D eigenvalue weighted by Crippen LogP contribution is 2.23. The minimum Gasteiger partial charge on any atom is -0.325 e. The van der Waals surface area contributed by atoms with Crippen molar-refractivity contribution in [3.8, 4) is 0 Å². The quantitative estimate of drug-likeness (QED) is 0.901. The molecule has 3 nitrogen and oxygen atoms in total. The van der Waals surface area contributed by atoms with Gasteiger partial charge in [-0.1, -0.05) is 19.9 Å². The Morgan fingerprint density at radius 2 is 1.95 bits per heavy atom. The second kappa shape index (κ2) is 5.83. The molecule has 0 aliphatic rings. The fraction of sp³-hybridized carbons (Fsp3) is 0.375. The monoisotopic (exact) mass is 256 g/mol. The van der Waals surface area contributed by atoms with Crippen LogP contribution in [0.2, 0.25) is 0 Å². The molecular formula is C16H20N2O. The molecule has 2 aromatic rings. The summed E-state index contributed by atoms with van der Waals surface area (Å²) < 4.78 is 0. The van der Waals surface area contributed by atoms with E-state index in [2.05, 4.69) is 10.3 Å². The number of aryl methyl sites for hydroxylation is 1. The van der Waals surface area contributed by atoms with Crippen LogP contribution in [0.4, 0.5) is 5.69 Å². The van der Waals surface area contributed by atoms with Gasteiger partial charge in [-0.25, -0.2) is 0 Å². The predicted molar refractivity (Wildman–Crippen MR) is 79.2 cm³/mol. The van der Waals surface area contributed by atoms with E-state index in [4.69, 9.17) is 0 Å². The summed E-state index contributed by atoms with van der Waals surface area (Å²) in [6.45, 7) is 6.05. The van der Waals surface area contributed by atoms with Gasteiger partial charge in [0, 0.05) is 17.0 Å². The molecule has 19 heavy (non-hydrogen) atoms. The van der Waals surface area contributed by atoms with Crippen molar-refractivity contribution in [1.82, 2.24) is 4.98 Å². The van der Waals surface area contributed by atoms with Crippen molar-refractivity contribution < 1.29 is 4.79 Å². The van der Waals surface area contributed by atoms with Crippen molar-refractivity contribution in [2.75, 3.05) is 5.32 Å². The van der Waals surface area contributed by atoms with Crippen LogP contribution in [0.15, 0.2) is 30.3 Å². The third kappa shape index (κ3) is 2.92. The molecule has 1 aromatic carbocycles. The first-order valence-corrected chi connectivity index (χ1v) is 6.83. The molecule has 0 saturated heterocycles. The predicted octanol–water partition coefficient (Wildman–Crippen LogP) is 3.92.